The molecule has 0 aliphatic heterocycles. The first-order chi connectivity index (χ1) is 10.9. The predicted octanol–water partition coefficient (Wildman–Crippen LogP) is 4.58. The van der Waals surface area contributed by atoms with Gasteiger partial charge in [-0.25, -0.2) is 9.18 Å². The Morgan fingerprint density at radius 1 is 1.04 bits per heavy atom. The van der Waals surface area contributed by atoms with Crippen molar-refractivity contribution in [3.63, 3.8) is 0 Å². The van der Waals surface area contributed by atoms with Gasteiger partial charge in [-0.15, -0.1) is 0 Å². The summed E-state index contributed by atoms with van der Waals surface area (Å²) in [6, 6.07) is 7.99. The molecule has 0 spiro atoms. The maximum Gasteiger partial charge on any atom is 0.340 e. The Morgan fingerprint density at radius 2 is 1.70 bits per heavy atom. The number of carbonyl (C=O) groups is 2. The summed E-state index contributed by atoms with van der Waals surface area (Å²) in [4.78, 5) is 23.5. The van der Waals surface area contributed by atoms with Crippen molar-refractivity contribution in [3.8, 4) is 0 Å². The standard InChI is InChI=1S/C15H9Cl3FNO3/c16-8-1-3-10(11(18)5-8)15(22)23-7-14(21)20-13-4-2-9(17)6-12(13)19/h1-6H,7H2,(H,20,21). The fraction of sp³-hybridized carbons (Fsp3) is 0.0667. The van der Waals surface area contributed by atoms with E-state index >= 15 is 0 Å². The molecule has 0 aliphatic rings. The van der Waals surface area contributed by atoms with Crippen LogP contribution in [0, 0.1) is 5.82 Å². The van der Waals surface area contributed by atoms with Gasteiger partial charge in [0.1, 0.15) is 5.82 Å². The van der Waals surface area contributed by atoms with Gasteiger partial charge in [-0.2, -0.15) is 0 Å². The quantitative estimate of drug-likeness (QED) is 0.795. The topological polar surface area (TPSA) is 55.4 Å². The first-order valence-corrected chi connectivity index (χ1v) is 7.37. The van der Waals surface area contributed by atoms with Crippen LogP contribution in [-0.2, 0) is 9.53 Å². The molecule has 2 aromatic carbocycles. The largest absolute Gasteiger partial charge is 0.452 e. The van der Waals surface area contributed by atoms with Gasteiger partial charge in [-0.3, -0.25) is 4.79 Å². The molecule has 0 atom stereocenters. The van der Waals surface area contributed by atoms with E-state index in [2.05, 4.69) is 5.32 Å². The van der Waals surface area contributed by atoms with Gasteiger partial charge < -0.3 is 10.1 Å². The fourth-order valence-electron chi connectivity index (χ4n) is 1.64. The van der Waals surface area contributed by atoms with Gasteiger partial charge in [-0.05, 0) is 36.4 Å². The van der Waals surface area contributed by atoms with Gasteiger partial charge in [0, 0.05) is 10.0 Å². The minimum Gasteiger partial charge on any atom is -0.452 e. The zero-order valence-electron chi connectivity index (χ0n) is 11.4. The van der Waals surface area contributed by atoms with E-state index in [1.54, 1.807) is 0 Å². The molecule has 4 nitrogen and oxygen atoms in total. The van der Waals surface area contributed by atoms with E-state index in [4.69, 9.17) is 39.5 Å². The molecular weight excluding hydrogens is 368 g/mol. The van der Waals surface area contributed by atoms with Crippen LogP contribution in [0.3, 0.4) is 0 Å². The van der Waals surface area contributed by atoms with Crippen molar-refractivity contribution in [2.45, 2.75) is 0 Å². The zero-order valence-corrected chi connectivity index (χ0v) is 13.7. The summed E-state index contributed by atoms with van der Waals surface area (Å²) < 4.78 is 18.3. The van der Waals surface area contributed by atoms with E-state index in [0.29, 0.717) is 5.02 Å². The van der Waals surface area contributed by atoms with Crippen LogP contribution in [0.4, 0.5) is 10.1 Å². The summed E-state index contributed by atoms with van der Waals surface area (Å²) in [5, 5.41) is 2.93. The molecule has 0 aliphatic carbocycles. The molecule has 0 aromatic heterocycles. The summed E-state index contributed by atoms with van der Waals surface area (Å²) in [7, 11) is 0. The average molecular weight is 377 g/mol. The molecule has 2 rings (SSSR count). The number of hydrogen-bond acceptors (Lipinski definition) is 3. The van der Waals surface area contributed by atoms with Crippen molar-refractivity contribution in [2.75, 3.05) is 11.9 Å². The van der Waals surface area contributed by atoms with Gasteiger partial charge in [0.25, 0.3) is 5.91 Å². The first-order valence-electron chi connectivity index (χ1n) is 6.24. The molecule has 1 amide bonds. The third-order valence-corrected chi connectivity index (χ3v) is 3.47. The van der Waals surface area contributed by atoms with Crippen molar-refractivity contribution < 1.29 is 18.7 Å². The number of benzene rings is 2. The van der Waals surface area contributed by atoms with Crippen molar-refractivity contribution in [2.24, 2.45) is 0 Å². The highest BCUT2D eigenvalue weighted by molar-refractivity contribution is 6.36. The van der Waals surface area contributed by atoms with Crippen LogP contribution in [-0.4, -0.2) is 18.5 Å². The van der Waals surface area contributed by atoms with Crippen molar-refractivity contribution in [3.05, 3.63) is 62.8 Å². The van der Waals surface area contributed by atoms with Crippen molar-refractivity contribution in [1.29, 1.82) is 0 Å². The highest BCUT2D eigenvalue weighted by Gasteiger charge is 2.15. The SMILES string of the molecule is O=C(COC(=O)c1ccc(Cl)cc1Cl)Nc1ccc(Cl)cc1F. The Hall–Kier alpha value is -1.82. The van der Waals surface area contributed by atoms with Gasteiger partial charge in [0.2, 0.25) is 0 Å². The third kappa shape index (κ3) is 4.82. The van der Waals surface area contributed by atoms with E-state index in [9.17, 15) is 14.0 Å². The van der Waals surface area contributed by atoms with Crippen LogP contribution >= 0.6 is 34.8 Å². The van der Waals surface area contributed by atoms with Crippen LogP contribution in [0.1, 0.15) is 10.4 Å². The Bertz CT molecular complexity index is 768. The van der Waals surface area contributed by atoms with Crippen LogP contribution < -0.4 is 5.32 Å². The number of nitrogens with one attached hydrogen (secondary N) is 1. The number of esters is 1. The molecule has 8 heteroatoms. The third-order valence-electron chi connectivity index (χ3n) is 2.69. The number of rotatable bonds is 4. The van der Waals surface area contributed by atoms with Crippen LogP contribution in [0.2, 0.25) is 15.1 Å². The maximum absolute atomic E-state index is 13.5. The monoisotopic (exact) mass is 375 g/mol. The second kappa shape index (κ2) is 7.64. The molecule has 1 N–H and O–H groups in total. The second-order valence-corrected chi connectivity index (χ2v) is 5.65. The molecule has 0 bridgehead atoms. The molecule has 0 fully saturated rings. The lowest BCUT2D eigenvalue weighted by Crippen LogP contribution is -2.21. The molecule has 0 radical (unpaired) electrons. The molecule has 2 aromatic rings. The number of anilines is 1. The molecule has 23 heavy (non-hydrogen) atoms. The van der Waals surface area contributed by atoms with Crippen LogP contribution in [0.25, 0.3) is 0 Å². The highest BCUT2D eigenvalue weighted by Crippen LogP contribution is 2.22. The number of halogens is 4. The van der Waals surface area contributed by atoms with Crippen LogP contribution in [0.5, 0.6) is 0 Å². The minimum atomic E-state index is -0.793. The second-order valence-electron chi connectivity index (χ2n) is 4.37. The molecular formula is C15H9Cl3FNO3. The number of carbonyl (C=O) groups excluding carboxylic acids is 2. The first kappa shape index (κ1) is 17.5. The van der Waals surface area contributed by atoms with E-state index in [-0.39, 0.29) is 21.3 Å². The van der Waals surface area contributed by atoms with Gasteiger partial charge in [-0.1, -0.05) is 34.8 Å². The minimum absolute atomic E-state index is 0.0695. The average Bonchev–Trinajstić information content (AvgIpc) is 2.48. The number of hydrogen-bond donors (Lipinski definition) is 1. The Kier molecular flexibility index (Phi) is 5.82. The van der Waals surface area contributed by atoms with E-state index in [1.165, 1.54) is 30.3 Å². The normalized spacial score (nSPS) is 10.3. The Labute approximate surface area is 146 Å². The smallest absolute Gasteiger partial charge is 0.340 e. The van der Waals surface area contributed by atoms with E-state index in [1.807, 2.05) is 0 Å². The van der Waals surface area contributed by atoms with Crippen LogP contribution in [0.15, 0.2) is 36.4 Å². The lowest BCUT2D eigenvalue weighted by atomic mass is 10.2. The summed E-state index contributed by atoms with van der Waals surface area (Å²) in [5.41, 5.74) is 0.00140. The lowest BCUT2D eigenvalue weighted by molar-refractivity contribution is -0.119. The number of amides is 1. The lowest BCUT2D eigenvalue weighted by Gasteiger charge is -2.08. The molecule has 120 valence electrons. The summed E-state index contributed by atoms with van der Waals surface area (Å²) in [6.45, 7) is -0.597. The molecule has 0 unspecified atom stereocenters. The predicted molar refractivity (Wildman–Crippen MR) is 86.8 cm³/mol. The highest BCUT2D eigenvalue weighted by atomic mass is 35.5. The van der Waals surface area contributed by atoms with Crippen molar-refractivity contribution in [1.82, 2.24) is 0 Å². The molecule has 0 heterocycles. The number of ether oxygens (including phenoxy) is 1. The zero-order chi connectivity index (χ0) is 17.0. The fourth-order valence-corrected chi connectivity index (χ4v) is 2.29. The van der Waals surface area contributed by atoms with Crippen molar-refractivity contribution >= 4 is 52.4 Å². The molecule has 0 saturated heterocycles. The van der Waals surface area contributed by atoms with Gasteiger partial charge >= 0.3 is 5.97 Å². The van der Waals surface area contributed by atoms with E-state index in [0.717, 1.165) is 6.07 Å². The molecule has 0 saturated carbocycles. The summed E-state index contributed by atoms with van der Waals surface area (Å²) >= 11 is 17.2. The Morgan fingerprint density at radius 3 is 2.35 bits per heavy atom. The summed E-state index contributed by atoms with van der Waals surface area (Å²) in [5.74, 6) is -2.19. The summed E-state index contributed by atoms with van der Waals surface area (Å²) in [6.07, 6.45) is 0. The van der Waals surface area contributed by atoms with Gasteiger partial charge in [0.05, 0.1) is 16.3 Å². The maximum atomic E-state index is 13.5. The Balaban J connectivity index is 1.94. The van der Waals surface area contributed by atoms with E-state index < -0.39 is 24.3 Å². The van der Waals surface area contributed by atoms with Gasteiger partial charge in [0.15, 0.2) is 6.61 Å².